The van der Waals surface area contributed by atoms with Crippen molar-refractivity contribution in [3.63, 3.8) is 0 Å². The average molecular weight is 353 g/mol. The number of nitro groups is 1. The van der Waals surface area contributed by atoms with Gasteiger partial charge in [-0.15, -0.1) is 0 Å². The van der Waals surface area contributed by atoms with Crippen LogP contribution in [0.25, 0.3) is 0 Å². The maximum absolute atomic E-state index is 12.6. The molecule has 6 nitrogen and oxygen atoms in total. The number of aryl methyl sites for hydroxylation is 1. The molecule has 6 heteroatoms. The van der Waals surface area contributed by atoms with E-state index in [2.05, 4.69) is 24.3 Å². The van der Waals surface area contributed by atoms with Crippen molar-refractivity contribution in [3.05, 3.63) is 69.8 Å². The maximum atomic E-state index is 12.6. The van der Waals surface area contributed by atoms with Gasteiger partial charge in [-0.25, -0.2) is 0 Å². The third kappa shape index (κ3) is 4.20. The van der Waals surface area contributed by atoms with Gasteiger partial charge in [-0.2, -0.15) is 0 Å². The molecule has 0 bridgehead atoms. The number of nitrogens with two attached hydrogens (primary N) is 1. The Bertz CT molecular complexity index is 784. The zero-order valence-corrected chi connectivity index (χ0v) is 14.6. The van der Waals surface area contributed by atoms with E-state index in [1.807, 2.05) is 6.07 Å². The quantitative estimate of drug-likeness (QED) is 0.504. The summed E-state index contributed by atoms with van der Waals surface area (Å²) in [6.45, 7) is 1.38. The van der Waals surface area contributed by atoms with E-state index in [4.69, 9.17) is 5.73 Å². The van der Waals surface area contributed by atoms with Crippen molar-refractivity contribution in [1.82, 2.24) is 4.90 Å². The van der Waals surface area contributed by atoms with Crippen LogP contribution in [0.1, 0.15) is 35.2 Å². The Labute approximate surface area is 152 Å². The molecule has 1 fully saturated rings. The number of piperidine rings is 1. The highest BCUT2D eigenvalue weighted by molar-refractivity contribution is 5.95. The lowest BCUT2D eigenvalue weighted by Gasteiger charge is -2.32. The minimum absolute atomic E-state index is 0.0752. The van der Waals surface area contributed by atoms with E-state index in [0.717, 1.165) is 25.7 Å². The molecule has 0 spiro atoms. The Hall–Kier alpha value is -2.89. The van der Waals surface area contributed by atoms with E-state index in [-0.39, 0.29) is 17.3 Å². The van der Waals surface area contributed by atoms with E-state index in [1.165, 1.54) is 17.7 Å². The summed E-state index contributed by atoms with van der Waals surface area (Å²) in [4.78, 5) is 24.9. The molecule has 1 aliphatic heterocycles. The Kier molecular flexibility index (Phi) is 5.51. The van der Waals surface area contributed by atoms with Crippen LogP contribution in [0.2, 0.25) is 0 Å². The van der Waals surface area contributed by atoms with Crippen LogP contribution in [-0.2, 0) is 6.42 Å². The largest absolute Gasteiger partial charge is 0.393 e. The minimum Gasteiger partial charge on any atom is -0.393 e. The van der Waals surface area contributed by atoms with Crippen LogP contribution in [0.3, 0.4) is 0 Å². The van der Waals surface area contributed by atoms with E-state index in [1.54, 1.807) is 11.0 Å². The van der Waals surface area contributed by atoms with Gasteiger partial charge in [0.05, 0.1) is 4.92 Å². The molecule has 0 radical (unpaired) electrons. The van der Waals surface area contributed by atoms with E-state index in [9.17, 15) is 14.9 Å². The lowest BCUT2D eigenvalue weighted by atomic mass is 9.90. The van der Waals surface area contributed by atoms with Crippen LogP contribution in [0, 0.1) is 16.0 Å². The number of rotatable bonds is 5. The van der Waals surface area contributed by atoms with Crippen molar-refractivity contribution in [2.75, 3.05) is 18.8 Å². The van der Waals surface area contributed by atoms with Crippen molar-refractivity contribution < 1.29 is 9.72 Å². The van der Waals surface area contributed by atoms with Crippen LogP contribution < -0.4 is 5.73 Å². The number of carbonyl (C=O) groups is 1. The predicted molar refractivity (Wildman–Crippen MR) is 101 cm³/mol. The van der Waals surface area contributed by atoms with Gasteiger partial charge in [0.1, 0.15) is 5.69 Å². The van der Waals surface area contributed by atoms with Crippen LogP contribution >= 0.6 is 0 Å². The van der Waals surface area contributed by atoms with Gasteiger partial charge in [0.2, 0.25) is 0 Å². The topological polar surface area (TPSA) is 89.5 Å². The Morgan fingerprint density at radius 3 is 2.50 bits per heavy atom. The van der Waals surface area contributed by atoms with Gasteiger partial charge in [-0.1, -0.05) is 30.3 Å². The molecule has 1 heterocycles. The molecular formula is C20H23N3O3. The molecule has 2 aromatic rings. The van der Waals surface area contributed by atoms with Gasteiger partial charge in [0.15, 0.2) is 0 Å². The summed E-state index contributed by atoms with van der Waals surface area (Å²) in [5.41, 5.74) is 7.14. The highest BCUT2D eigenvalue weighted by Gasteiger charge is 2.25. The molecule has 0 aromatic heterocycles. The molecule has 0 atom stereocenters. The number of benzene rings is 2. The lowest BCUT2D eigenvalue weighted by Crippen LogP contribution is -2.38. The summed E-state index contributed by atoms with van der Waals surface area (Å²) in [6.07, 6.45) is 4.12. The van der Waals surface area contributed by atoms with Gasteiger partial charge in [-0.3, -0.25) is 14.9 Å². The summed E-state index contributed by atoms with van der Waals surface area (Å²) in [5.74, 6) is 0.453. The number of hydrogen-bond acceptors (Lipinski definition) is 4. The fourth-order valence-corrected chi connectivity index (χ4v) is 3.46. The molecule has 2 N–H and O–H groups in total. The molecular weight excluding hydrogens is 330 g/mol. The fourth-order valence-electron chi connectivity index (χ4n) is 3.46. The average Bonchev–Trinajstić information content (AvgIpc) is 2.67. The molecule has 0 unspecified atom stereocenters. The first-order valence-electron chi connectivity index (χ1n) is 8.91. The van der Waals surface area contributed by atoms with Crippen molar-refractivity contribution in [2.24, 2.45) is 5.92 Å². The van der Waals surface area contributed by atoms with Crippen LogP contribution in [0.15, 0.2) is 48.5 Å². The molecule has 3 rings (SSSR count). The summed E-state index contributed by atoms with van der Waals surface area (Å²) >= 11 is 0. The first-order chi connectivity index (χ1) is 12.5. The Balaban J connectivity index is 1.55. The van der Waals surface area contributed by atoms with Crippen molar-refractivity contribution in [2.45, 2.75) is 25.7 Å². The van der Waals surface area contributed by atoms with Crippen LogP contribution in [0.5, 0.6) is 0 Å². The number of carbonyl (C=O) groups excluding carboxylic acids is 1. The zero-order valence-electron chi connectivity index (χ0n) is 14.6. The van der Waals surface area contributed by atoms with Crippen molar-refractivity contribution >= 4 is 17.3 Å². The lowest BCUT2D eigenvalue weighted by molar-refractivity contribution is -0.383. The van der Waals surface area contributed by atoms with Crippen molar-refractivity contribution in [1.29, 1.82) is 0 Å². The zero-order chi connectivity index (χ0) is 18.5. The molecule has 2 aromatic carbocycles. The summed E-state index contributed by atoms with van der Waals surface area (Å²) in [5, 5.41) is 11.0. The third-order valence-electron chi connectivity index (χ3n) is 5.06. The first-order valence-corrected chi connectivity index (χ1v) is 8.91. The maximum Gasteiger partial charge on any atom is 0.292 e. The standard InChI is InChI=1S/C20H23N3O3/c21-18-9-8-17(14-19(18)23(25)26)20(24)22-12-10-16(11-13-22)7-6-15-4-2-1-3-5-15/h1-5,8-9,14,16H,6-7,10-13,21H2. The number of hydrogen-bond donors (Lipinski definition) is 1. The van der Waals surface area contributed by atoms with E-state index < -0.39 is 4.92 Å². The second kappa shape index (κ2) is 7.99. The second-order valence-electron chi connectivity index (χ2n) is 6.79. The molecule has 26 heavy (non-hydrogen) atoms. The number of nitrogen functional groups attached to an aromatic ring is 1. The highest BCUT2D eigenvalue weighted by atomic mass is 16.6. The first kappa shape index (κ1) is 17.9. The molecule has 1 saturated heterocycles. The fraction of sp³-hybridized carbons (Fsp3) is 0.350. The predicted octanol–water partition coefficient (Wildman–Crippen LogP) is 3.66. The highest BCUT2D eigenvalue weighted by Crippen LogP contribution is 2.26. The molecule has 0 aliphatic carbocycles. The number of amides is 1. The summed E-state index contributed by atoms with van der Waals surface area (Å²) in [6, 6.07) is 14.7. The molecule has 1 amide bonds. The normalized spacial score (nSPS) is 15.0. The van der Waals surface area contributed by atoms with E-state index >= 15 is 0 Å². The van der Waals surface area contributed by atoms with Gasteiger partial charge >= 0.3 is 0 Å². The van der Waals surface area contributed by atoms with E-state index in [0.29, 0.717) is 24.6 Å². The van der Waals surface area contributed by atoms with Gasteiger partial charge in [0.25, 0.3) is 11.6 Å². The second-order valence-corrected chi connectivity index (χ2v) is 6.79. The Morgan fingerprint density at radius 1 is 1.15 bits per heavy atom. The Morgan fingerprint density at radius 2 is 1.85 bits per heavy atom. The van der Waals surface area contributed by atoms with Crippen LogP contribution in [-0.4, -0.2) is 28.8 Å². The molecule has 136 valence electrons. The summed E-state index contributed by atoms with van der Waals surface area (Å²) < 4.78 is 0. The number of anilines is 1. The monoisotopic (exact) mass is 353 g/mol. The number of nitro benzene ring substituents is 1. The number of likely N-dealkylation sites (tertiary alicyclic amines) is 1. The summed E-state index contributed by atoms with van der Waals surface area (Å²) in [7, 11) is 0. The number of nitrogens with zero attached hydrogens (tertiary/aromatic N) is 2. The van der Waals surface area contributed by atoms with Crippen molar-refractivity contribution in [3.8, 4) is 0 Å². The van der Waals surface area contributed by atoms with Gasteiger partial charge in [-0.05, 0) is 49.3 Å². The van der Waals surface area contributed by atoms with Crippen LogP contribution in [0.4, 0.5) is 11.4 Å². The van der Waals surface area contributed by atoms with Gasteiger partial charge in [0, 0.05) is 24.7 Å². The third-order valence-corrected chi connectivity index (χ3v) is 5.06. The molecule has 0 saturated carbocycles. The van der Waals surface area contributed by atoms with Gasteiger partial charge < -0.3 is 10.6 Å². The molecule has 1 aliphatic rings. The minimum atomic E-state index is -0.554. The SMILES string of the molecule is Nc1ccc(C(=O)N2CCC(CCc3ccccc3)CC2)cc1[N+](=O)[O-]. The smallest absolute Gasteiger partial charge is 0.292 e.